The van der Waals surface area contributed by atoms with Crippen LogP contribution in [0.1, 0.15) is 12.0 Å². The number of hydrogen-bond acceptors (Lipinski definition) is 2. The number of hydrazone groups is 1. The first-order valence-corrected chi connectivity index (χ1v) is 5.47. The molecule has 1 aliphatic heterocycles. The van der Waals surface area contributed by atoms with Gasteiger partial charge in [0, 0.05) is 24.5 Å². The van der Waals surface area contributed by atoms with E-state index in [0.29, 0.717) is 0 Å². The van der Waals surface area contributed by atoms with Crippen LogP contribution in [0.25, 0.3) is 0 Å². The lowest BCUT2D eigenvalue weighted by Gasteiger charge is -2.13. The van der Waals surface area contributed by atoms with E-state index < -0.39 is 0 Å². The minimum absolute atomic E-state index is 0.913. The van der Waals surface area contributed by atoms with Crippen LogP contribution in [0.3, 0.4) is 0 Å². The first-order valence-electron chi connectivity index (χ1n) is 4.35. The van der Waals surface area contributed by atoms with E-state index in [9.17, 15) is 0 Å². The quantitative estimate of drug-likeness (QED) is 0.724. The monoisotopic (exact) mass is 238 g/mol. The largest absolute Gasteiger partial charge is 0.266 e. The van der Waals surface area contributed by atoms with Gasteiger partial charge in [0.1, 0.15) is 0 Å². The van der Waals surface area contributed by atoms with Gasteiger partial charge in [-0.25, -0.2) is 0 Å². The van der Waals surface area contributed by atoms with Gasteiger partial charge in [-0.15, -0.1) is 0 Å². The fourth-order valence-electron chi connectivity index (χ4n) is 1.35. The highest BCUT2D eigenvalue weighted by atomic mass is 79.9. The lowest BCUT2D eigenvalue weighted by atomic mass is 10.2. The summed E-state index contributed by atoms with van der Waals surface area (Å²) in [4.78, 5) is 0. The molecule has 2 rings (SSSR count). The predicted octanol–water partition coefficient (Wildman–Crippen LogP) is 2.78. The van der Waals surface area contributed by atoms with Crippen LogP contribution in [0.2, 0.25) is 0 Å². The van der Waals surface area contributed by atoms with E-state index in [0.717, 1.165) is 18.3 Å². The van der Waals surface area contributed by atoms with Gasteiger partial charge in [0.25, 0.3) is 0 Å². The Labute approximate surface area is 86.4 Å². The summed E-state index contributed by atoms with van der Waals surface area (Å²) in [6, 6.07) is 8.47. The summed E-state index contributed by atoms with van der Waals surface area (Å²) < 4.78 is 0. The van der Waals surface area contributed by atoms with E-state index in [-0.39, 0.29) is 0 Å². The molecule has 1 aliphatic rings. The van der Waals surface area contributed by atoms with Crippen LogP contribution in [-0.4, -0.2) is 12.8 Å². The van der Waals surface area contributed by atoms with Crippen LogP contribution in [-0.2, 0) is 5.33 Å². The zero-order valence-corrected chi connectivity index (χ0v) is 8.87. The van der Waals surface area contributed by atoms with Crippen molar-refractivity contribution < 1.29 is 0 Å². The van der Waals surface area contributed by atoms with Crippen LogP contribution < -0.4 is 5.01 Å². The van der Waals surface area contributed by atoms with Gasteiger partial charge in [0.15, 0.2) is 0 Å². The molecule has 68 valence electrons. The number of anilines is 1. The second-order valence-corrected chi connectivity index (χ2v) is 3.57. The summed E-state index contributed by atoms with van der Waals surface area (Å²) in [5.74, 6) is 0. The highest BCUT2D eigenvalue weighted by molar-refractivity contribution is 9.08. The fraction of sp³-hybridized carbons (Fsp3) is 0.300. The highest BCUT2D eigenvalue weighted by Crippen LogP contribution is 2.18. The SMILES string of the molecule is BrCc1ccc(N2CCC=N2)cc1. The van der Waals surface area contributed by atoms with Gasteiger partial charge >= 0.3 is 0 Å². The van der Waals surface area contributed by atoms with E-state index in [2.05, 4.69) is 45.3 Å². The number of alkyl halides is 1. The van der Waals surface area contributed by atoms with Crippen LogP contribution >= 0.6 is 15.9 Å². The summed E-state index contributed by atoms with van der Waals surface area (Å²) in [7, 11) is 0. The van der Waals surface area contributed by atoms with Crippen molar-refractivity contribution in [2.24, 2.45) is 5.10 Å². The average molecular weight is 239 g/mol. The molecule has 1 aromatic carbocycles. The maximum absolute atomic E-state index is 4.26. The Morgan fingerprint density at radius 2 is 2.08 bits per heavy atom. The number of nitrogens with zero attached hydrogens (tertiary/aromatic N) is 2. The van der Waals surface area contributed by atoms with Crippen LogP contribution in [0.4, 0.5) is 5.69 Å². The second-order valence-electron chi connectivity index (χ2n) is 3.01. The summed E-state index contributed by atoms with van der Waals surface area (Å²) in [6.45, 7) is 1.01. The van der Waals surface area contributed by atoms with Crippen molar-refractivity contribution in [1.29, 1.82) is 0 Å². The average Bonchev–Trinajstić information content (AvgIpc) is 2.71. The number of halogens is 1. The first kappa shape index (κ1) is 8.75. The maximum atomic E-state index is 4.26. The topological polar surface area (TPSA) is 15.6 Å². The van der Waals surface area contributed by atoms with Gasteiger partial charge in [0.2, 0.25) is 0 Å². The number of rotatable bonds is 2. The van der Waals surface area contributed by atoms with Gasteiger partial charge in [0.05, 0.1) is 5.69 Å². The molecule has 0 bridgehead atoms. The third kappa shape index (κ3) is 1.91. The van der Waals surface area contributed by atoms with Crippen molar-refractivity contribution >= 4 is 27.8 Å². The molecule has 0 amide bonds. The van der Waals surface area contributed by atoms with Crippen molar-refractivity contribution in [3.05, 3.63) is 29.8 Å². The summed E-state index contributed by atoms with van der Waals surface area (Å²) in [5.41, 5.74) is 2.48. The molecule has 1 aromatic rings. The van der Waals surface area contributed by atoms with Crippen molar-refractivity contribution in [2.75, 3.05) is 11.6 Å². The van der Waals surface area contributed by atoms with Gasteiger partial charge in [-0.05, 0) is 17.7 Å². The summed E-state index contributed by atoms with van der Waals surface area (Å²) in [5, 5.41) is 7.20. The molecule has 0 saturated heterocycles. The molecule has 0 saturated carbocycles. The minimum Gasteiger partial charge on any atom is -0.266 e. The van der Waals surface area contributed by atoms with E-state index in [1.165, 1.54) is 11.3 Å². The Bertz CT molecular complexity index is 305. The molecule has 0 aromatic heterocycles. The Hall–Kier alpha value is -0.830. The molecule has 0 radical (unpaired) electrons. The third-order valence-electron chi connectivity index (χ3n) is 2.08. The van der Waals surface area contributed by atoms with Gasteiger partial charge < -0.3 is 0 Å². The van der Waals surface area contributed by atoms with Crippen molar-refractivity contribution in [1.82, 2.24) is 0 Å². The lowest BCUT2D eigenvalue weighted by molar-refractivity contribution is 0.921. The maximum Gasteiger partial charge on any atom is 0.0594 e. The summed E-state index contributed by atoms with van der Waals surface area (Å²) >= 11 is 3.42. The zero-order valence-electron chi connectivity index (χ0n) is 7.28. The Kier molecular flexibility index (Phi) is 2.64. The van der Waals surface area contributed by atoms with Crippen LogP contribution in [0.5, 0.6) is 0 Å². The van der Waals surface area contributed by atoms with Gasteiger partial charge in [-0.1, -0.05) is 28.1 Å². The molecule has 1 heterocycles. The molecular formula is C10H11BrN2. The molecule has 3 heteroatoms. The molecule has 2 nitrogen and oxygen atoms in total. The van der Waals surface area contributed by atoms with E-state index in [4.69, 9.17) is 0 Å². The lowest BCUT2D eigenvalue weighted by Crippen LogP contribution is -2.11. The van der Waals surface area contributed by atoms with E-state index in [1.807, 2.05) is 11.2 Å². The van der Waals surface area contributed by atoms with Gasteiger partial charge in [-0.2, -0.15) is 5.10 Å². The Morgan fingerprint density at radius 3 is 2.62 bits per heavy atom. The zero-order chi connectivity index (χ0) is 9.10. The first-order chi connectivity index (χ1) is 6.40. The van der Waals surface area contributed by atoms with Crippen LogP contribution in [0.15, 0.2) is 29.4 Å². The standard InChI is InChI=1S/C10H11BrN2/c11-8-9-2-4-10(5-3-9)13-7-1-6-12-13/h2-6H,1,7-8H2. The second kappa shape index (κ2) is 3.92. The number of benzene rings is 1. The normalized spacial score (nSPS) is 15.3. The summed E-state index contributed by atoms with van der Waals surface area (Å²) in [6.07, 6.45) is 3.01. The highest BCUT2D eigenvalue weighted by Gasteiger charge is 2.07. The molecule has 13 heavy (non-hydrogen) atoms. The molecule has 0 N–H and O–H groups in total. The molecular weight excluding hydrogens is 228 g/mol. The minimum atomic E-state index is 0.913. The van der Waals surface area contributed by atoms with Crippen molar-refractivity contribution in [3.63, 3.8) is 0 Å². The smallest absolute Gasteiger partial charge is 0.0594 e. The molecule has 0 unspecified atom stereocenters. The van der Waals surface area contributed by atoms with Gasteiger partial charge in [-0.3, -0.25) is 5.01 Å². The van der Waals surface area contributed by atoms with Crippen molar-refractivity contribution in [3.8, 4) is 0 Å². The molecule has 0 atom stereocenters. The van der Waals surface area contributed by atoms with E-state index >= 15 is 0 Å². The van der Waals surface area contributed by atoms with Crippen molar-refractivity contribution in [2.45, 2.75) is 11.8 Å². The fourth-order valence-corrected chi connectivity index (χ4v) is 1.72. The molecule has 0 aliphatic carbocycles. The molecule has 0 spiro atoms. The third-order valence-corrected chi connectivity index (χ3v) is 2.73. The Balaban J connectivity index is 2.17. The van der Waals surface area contributed by atoms with E-state index in [1.54, 1.807) is 0 Å². The number of hydrogen-bond donors (Lipinski definition) is 0. The molecule has 0 fully saturated rings. The predicted molar refractivity (Wildman–Crippen MR) is 59.5 cm³/mol. The van der Waals surface area contributed by atoms with Crippen LogP contribution in [0, 0.1) is 0 Å². The Morgan fingerprint density at radius 1 is 1.31 bits per heavy atom.